The summed E-state index contributed by atoms with van der Waals surface area (Å²) in [5.41, 5.74) is 0. The fourth-order valence-corrected chi connectivity index (χ4v) is 1.44. The molecule has 0 aliphatic rings. The van der Waals surface area contributed by atoms with Gasteiger partial charge in [0.2, 0.25) is 0 Å². The lowest BCUT2D eigenvalue weighted by molar-refractivity contribution is 0.400. The van der Waals surface area contributed by atoms with Crippen LogP contribution in [-0.2, 0) is 4.43 Å². The first-order valence-corrected chi connectivity index (χ1v) is 6.60. The van der Waals surface area contributed by atoms with Gasteiger partial charge in [0.1, 0.15) is 0 Å². The Bertz CT molecular complexity index is 104. The monoisotopic (exact) mass is 159 g/mol. The van der Waals surface area contributed by atoms with Crippen LogP contribution in [0, 0.1) is 0 Å². The predicted octanol–water partition coefficient (Wildman–Crippen LogP) is 1.15. The van der Waals surface area contributed by atoms with Gasteiger partial charge in [0.25, 0.3) is 0 Å². The van der Waals surface area contributed by atoms with Crippen LogP contribution >= 0.6 is 0 Å². The van der Waals surface area contributed by atoms with Crippen molar-refractivity contribution in [2.75, 3.05) is 19.8 Å². The molecule has 0 unspecified atom stereocenters. The van der Waals surface area contributed by atoms with E-state index in [1.807, 2.05) is 6.08 Å². The second kappa shape index (κ2) is 4.66. The SMILES string of the molecule is C=CCNC[Si](C)(C)OC. The van der Waals surface area contributed by atoms with Crippen molar-refractivity contribution in [3.05, 3.63) is 12.7 Å². The molecule has 0 heterocycles. The molecular formula is C7H17NOSi. The van der Waals surface area contributed by atoms with Gasteiger partial charge >= 0.3 is 0 Å². The number of nitrogens with one attached hydrogen (secondary N) is 1. The van der Waals surface area contributed by atoms with Gasteiger partial charge in [-0.15, -0.1) is 6.58 Å². The second-order valence-electron chi connectivity index (χ2n) is 2.88. The molecule has 0 aromatic heterocycles. The average Bonchev–Trinajstić information content (AvgIpc) is 1.89. The maximum Gasteiger partial charge on any atom is 0.199 e. The molecule has 1 N–H and O–H groups in total. The molecule has 0 saturated heterocycles. The van der Waals surface area contributed by atoms with Crippen LogP contribution in [0.25, 0.3) is 0 Å². The Morgan fingerprint density at radius 1 is 1.60 bits per heavy atom. The summed E-state index contributed by atoms with van der Waals surface area (Å²) in [7, 11) is 0.406. The van der Waals surface area contributed by atoms with Crippen LogP contribution < -0.4 is 5.32 Å². The van der Waals surface area contributed by atoms with Crippen LogP contribution in [0.5, 0.6) is 0 Å². The van der Waals surface area contributed by atoms with E-state index in [0.717, 1.165) is 12.7 Å². The van der Waals surface area contributed by atoms with Crippen LogP contribution in [0.4, 0.5) is 0 Å². The van der Waals surface area contributed by atoms with Crippen LogP contribution in [0.3, 0.4) is 0 Å². The lowest BCUT2D eigenvalue weighted by Gasteiger charge is -2.19. The first-order valence-electron chi connectivity index (χ1n) is 3.49. The molecule has 0 fully saturated rings. The van der Waals surface area contributed by atoms with Gasteiger partial charge < -0.3 is 9.74 Å². The normalized spacial score (nSPS) is 11.5. The molecule has 0 rings (SSSR count). The lowest BCUT2D eigenvalue weighted by Crippen LogP contribution is -2.41. The van der Waals surface area contributed by atoms with Crippen molar-refractivity contribution >= 4 is 8.32 Å². The van der Waals surface area contributed by atoms with Crippen LogP contribution in [-0.4, -0.2) is 28.1 Å². The van der Waals surface area contributed by atoms with Crippen molar-refractivity contribution in [1.29, 1.82) is 0 Å². The molecule has 0 atom stereocenters. The molecule has 0 bridgehead atoms. The summed E-state index contributed by atoms with van der Waals surface area (Å²) >= 11 is 0. The van der Waals surface area contributed by atoms with Crippen molar-refractivity contribution in [3.63, 3.8) is 0 Å². The fraction of sp³-hybridized carbons (Fsp3) is 0.714. The molecule has 10 heavy (non-hydrogen) atoms. The standard InChI is InChI=1S/C7H17NOSi/c1-5-6-8-7-10(3,4)9-2/h5,8H,1,6-7H2,2-4H3. The van der Waals surface area contributed by atoms with Crippen LogP contribution in [0.15, 0.2) is 12.7 Å². The smallest absolute Gasteiger partial charge is 0.199 e. The van der Waals surface area contributed by atoms with Gasteiger partial charge in [0.05, 0.1) is 0 Å². The van der Waals surface area contributed by atoms with E-state index in [2.05, 4.69) is 25.0 Å². The zero-order valence-corrected chi connectivity index (χ0v) is 8.11. The fourth-order valence-electron chi connectivity index (χ4n) is 0.547. The van der Waals surface area contributed by atoms with E-state index in [1.54, 1.807) is 7.11 Å². The topological polar surface area (TPSA) is 21.3 Å². The minimum absolute atomic E-state index is 0.875. The van der Waals surface area contributed by atoms with Gasteiger partial charge in [0, 0.05) is 19.8 Å². The summed E-state index contributed by atoms with van der Waals surface area (Å²) in [6, 6.07) is 0. The molecule has 3 heteroatoms. The zero-order chi connectivity index (χ0) is 8.04. The van der Waals surface area contributed by atoms with E-state index in [0.29, 0.717) is 0 Å². The highest BCUT2D eigenvalue weighted by Crippen LogP contribution is 1.98. The molecule has 0 amide bonds. The molecule has 2 nitrogen and oxygen atoms in total. The third kappa shape index (κ3) is 4.73. The molecule has 0 aromatic carbocycles. The maximum absolute atomic E-state index is 5.33. The predicted molar refractivity (Wildman–Crippen MR) is 47.6 cm³/mol. The second-order valence-corrected chi connectivity index (χ2v) is 7.16. The van der Waals surface area contributed by atoms with Gasteiger partial charge in [-0.3, -0.25) is 0 Å². The highest BCUT2D eigenvalue weighted by atomic mass is 28.4. The largest absolute Gasteiger partial charge is 0.419 e. The molecule has 0 aromatic rings. The molecule has 0 saturated carbocycles. The Labute approximate surface area is 64.4 Å². The lowest BCUT2D eigenvalue weighted by atomic mass is 10.6. The molecular weight excluding hydrogens is 142 g/mol. The molecule has 0 aliphatic carbocycles. The van der Waals surface area contributed by atoms with Gasteiger partial charge in [-0.25, -0.2) is 0 Å². The van der Waals surface area contributed by atoms with E-state index in [9.17, 15) is 0 Å². The minimum atomic E-state index is -1.37. The van der Waals surface area contributed by atoms with E-state index < -0.39 is 8.32 Å². The number of rotatable bonds is 5. The average molecular weight is 159 g/mol. The third-order valence-electron chi connectivity index (χ3n) is 1.39. The molecule has 60 valence electrons. The van der Waals surface area contributed by atoms with Crippen molar-refractivity contribution < 1.29 is 4.43 Å². The van der Waals surface area contributed by atoms with Crippen molar-refractivity contribution in [2.24, 2.45) is 0 Å². The summed E-state index contributed by atoms with van der Waals surface area (Å²) in [6.45, 7) is 8.86. The Morgan fingerprint density at radius 2 is 2.20 bits per heavy atom. The first kappa shape index (κ1) is 9.88. The van der Waals surface area contributed by atoms with E-state index >= 15 is 0 Å². The van der Waals surface area contributed by atoms with Crippen LogP contribution in [0.2, 0.25) is 13.1 Å². The van der Waals surface area contributed by atoms with Crippen LogP contribution in [0.1, 0.15) is 0 Å². The van der Waals surface area contributed by atoms with Crippen molar-refractivity contribution in [1.82, 2.24) is 5.32 Å². The van der Waals surface area contributed by atoms with Gasteiger partial charge in [-0.2, -0.15) is 0 Å². The van der Waals surface area contributed by atoms with Crippen molar-refractivity contribution in [2.45, 2.75) is 13.1 Å². The summed E-state index contributed by atoms with van der Waals surface area (Å²) < 4.78 is 5.33. The Morgan fingerprint density at radius 3 is 2.60 bits per heavy atom. The maximum atomic E-state index is 5.33. The molecule has 0 spiro atoms. The number of hydrogen-bond acceptors (Lipinski definition) is 2. The number of hydrogen-bond donors (Lipinski definition) is 1. The Kier molecular flexibility index (Phi) is 4.60. The molecule has 0 radical (unpaired) electrons. The zero-order valence-electron chi connectivity index (χ0n) is 7.11. The van der Waals surface area contributed by atoms with Crippen molar-refractivity contribution in [3.8, 4) is 0 Å². The van der Waals surface area contributed by atoms with Gasteiger partial charge in [0.15, 0.2) is 8.32 Å². The summed E-state index contributed by atoms with van der Waals surface area (Å²) in [6.07, 6.45) is 2.86. The Hall–Kier alpha value is -0.123. The van der Waals surface area contributed by atoms with Gasteiger partial charge in [-0.05, 0) is 13.1 Å². The van der Waals surface area contributed by atoms with E-state index in [1.165, 1.54) is 0 Å². The Balaban J connectivity index is 3.36. The summed E-state index contributed by atoms with van der Waals surface area (Å²) in [5, 5.41) is 3.24. The summed E-state index contributed by atoms with van der Waals surface area (Å²) in [4.78, 5) is 0. The minimum Gasteiger partial charge on any atom is -0.419 e. The van der Waals surface area contributed by atoms with Gasteiger partial charge in [-0.1, -0.05) is 6.08 Å². The summed E-state index contributed by atoms with van der Waals surface area (Å²) in [5.74, 6) is 0. The van der Waals surface area contributed by atoms with E-state index in [4.69, 9.17) is 4.43 Å². The third-order valence-corrected chi connectivity index (χ3v) is 3.60. The first-order chi connectivity index (χ1) is 4.62. The highest BCUT2D eigenvalue weighted by molar-refractivity contribution is 6.71. The highest BCUT2D eigenvalue weighted by Gasteiger charge is 2.18. The molecule has 0 aliphatic heterocycles. The van der Waals surface area contributed by atoms with E-state index in [-0.39, 0.29) is 0 Å². The quantitative estimate of drug-likeness (QED) is 0.369.